The number of ether oxygens (including phenoxy) is 2. The summed E-state index contributed by atoms with van der Waals surface area (Å²) in [4.78, 5) is 4.65. The van der Waals surface area contributed by atoms with Crippen LogP contribution in [0.4, 0.5) is 0 Å². The summed E-state index contributed by atoms with van der Waals surface area (Å²) in [6.07, 6.45) is 1.13. The molecule has 2 unspecified atom stereocenters. The smallest absolute Gasteiger partial charge is 0.191 e. The first-order valence-electron chi connectivity index (χ1n) is 9.15. The molecule has 3 N–H and O–H groups in total. The maximum atomic E-state index is 9.16. The second-order valence-corrected chi connectivity index (χ2v) is 6.50. The number of hydrogen-bond donors (Lipinski definition) is 3. The molecule has 0 spiro atoms. The van der Waals surface area contributed by atoms with E-state index >= 15 is 0 Å². The van der Waals surface area contributed by atoms with E-state index in [0.29, 0.717) is 19.7 Å². The Hall–Kier alpha value is -1.22. The molecule has 6 nitrogen and oxygen atoms in total. The molecule has 7 heteroatoms. The van der Waals surface area contributed by atoms with Crippen LogP contribution in [0.2, 0.25) is 0 Å². The molecule has 2 rings (SSSR count). The van der Waals surface area contributed by atoms with Crippen LogP contribution in [0.1, 0.15) is 38.8 Å². The number of aliphatic hydroxyl groups excluding tert-OH is 1. The highest BCUT2D eigenvalue weighted by molar-refractivity contribution is 14.0. The molecule has 0 aliphatic carbocycles. The van der Waals surface area contributed by atoms with Gasteiger partial charge in [-0.2, -0.15) is 0 Å². The number of guanidine groups is 1. The van der Waals surface area contributed by atoms with Crippen LogP contribution in [0.25, 0.3) is 0 Å². The molecular formula is C19H32IN3O3. The van der Waals surface area contributed by atoms with Crippen LogP contribution < -0.4 is 20.1 Å². The van der Waals surface area contributed by atoms with E-state index in [1.165, 1.54) is 5.56 Å². The first-order chi connectivity index (χ1) is 12.1. The topological polar surface area (TPSA) is 75.1 Å². The van der Waals surface area contributed by atoms with E-state index in [1.54, 1.807) is 0 Å². The second-order valence-electron chi connectivity index (χ2n) is 6.50. The van der Waals surface area contributed by atoms with Crippen molar-refractivity contribution in [3.63, 3.8) is 0 Å². The van der Waals surface area contributed by atoms with E-state index in [2.05, 4.69) is 28.6 Å². The van der Waals surface area contributed by atoms with E-state index in [9.17, 15) is 0 Å². The third-order valence-electron chi connectivity index (χ3n) is 4.06. The molecule has 0 fully saturated rings. The highest BCUT2D eigenvalue weighted by Crippen LogP contribution is 2.35. The molecule has 0 saturated heterocycles. The van der Waals surface area contributed by atoms with Gasteiger partial charge in [-0.25, -0.2) is 4.99 Å². The molecule has 0 radical (unpaired) electrons. The molecule has 26 heavy (non-hydrogen) atoms. The van der Waals surface area contributed by atoms with Crippen molar-refractivity contribution in [3.05, 3.63) is 23.3 Å². The number of aliphatic imine (C=N–C) groups is 1. The fourth-order valence-corrected chi connectivity index (χ4v) is 2.74. The van der Waals surface area contributed by atoms with Gasteiger partial charge in [-0.3, -0.25) is 0 Å². The van der Waals surface area contributed by atoms with Gasteiger partial charge < -0.3 is 25.2 Å². The third-order valence-corrected chi connectivity index (χ3v) is 4.06. The van der Waals surface area contributed by atoms with E-state index in [-0.39, 0.29) is 42.6 Å². The predicted octanol–water partition coefficient (Wildman–Crippen LogP) is 2.71. The van der Waals surface area contributed by atoms with Crippen LogP contribution in [0.5, 0.6) is 11.5 Å². The summed E-state index contributed by atoms with van der Waals surface area (Å²) in [5.41, 5.74) is 2.22. The lowest BCUT2D eigenvalue weighted by Gasteiger charge is -2.15. The monoisotopic (exact) mass is 477 g/mol. The Morgan fingerprint density at radius 3 is 2.81 bits per heavy atom. The van der Waals surface area contributed by atoms with Gasteiger partial charge in [-0.1, -0.05) is 6.92 Å². The number of fused-ring (bicyclic) bond motifs is 1. The average Bonchev–Trinajstić information content (AvgIpc) is 2.96. The minimum Gasteiger partial charge on any atom is -0.494 e. The second kappa shape index (κ2) is 11.5. The third kappa shape index (κ3) is 6.50. The summed E-state index contributed by atoms with van der Waals surface area (Å²) in [7, 11) is 0. The van der Waals surface area contributed by atoms with Crippen molar-refractivity contribution in [1.82, 2.24) is 10.6 Å². The fourth-order valence-electron chi connectivity index (χ4n) is 2.74. The zero-order valence-corrected chi connectivity index (χ0v) is 18.5. The molecule has 1 aliphatic heterocycles. The Labute approximate surface area is 173 Å². The Bertz CT molecular complexity index is 596. The van der Waals surface area contributed by atoms with Crippen LogP contribution in [0.15, 0.2) is 17.1 Å². The molecule has 0 amide bonds. The zero-order valence-electron chi connectivity index (χ0n) is 16.2. The quantitative estimate of drug-likeness (QED) is 0.305. The number of hydrogen-bond acceptors (Lipinski definition) is 4. The molecular weight excluding hydrogens is 445 g/mol. The first kappa shape index (κ1) is 22.8. The van der Waals surface area contributed by atoms with Gasteiger partial charge in [0.25, 0.3) is 0 Å². The molecule has 0 saturated carbocycles. The largest absolute Gasteiger partial charge is 0.494 e. The highest BCUT2D eigenvalue weighted by Gasteiger charge is 2.21. The Morgan fingerprint density at radius 2 is 2.15 bits per heavy atom. The summed E-state index contributed by atoms with van der Waals surface area (Å²) in [5.74, 6) is 2.73. The SMILES string of the molecule is CCNC(=NCc1cc2c(cc1OCC)CC(C)O2)NCC(C)CO.I. The van der Waals surface area contributed by atoms with Crippen molar-refractivity contribution in [2.75, 3.05) is 26.3 Å². The van der Waals surface area contributed by atoms with Gasteiger partial charge in [0.15, 0.2) is 5.96 Å². The van der Waals surface area contributed by atoms with E-state index in [4.69, 9.17) is 14.6 Å². The lowest BCUT2D eigenvalue weighted by Crippen LogP contribution is -2.39. The summed E-state index contributed by atoms with van der Waals surface area (Å²) < 4.78 is 11.7. The van der Waals surface area contributed by atoms with Gasteiger partial charge in [0, 0.05) is 37.2 Å². The summed E-state index contributed by atoms with van der Waals surface area (Å²) in [6, 6.07) is 4.13. The van der Waals surface area contributed by atoms with Gasteiger partial charge in [0.05, 0.1) is 13.2 Å². The molecule has 2 atom stereocenters. The summed E-state index contributed by atoms with van der Waals surface area (Å²) >= 11 is 0. The van der Waals surface area contributed by atoms with Crippen molar-refractivity contribution in [2.45, 2.75) is 46.8 Å². The zero-order chi connectivity index (χ0) is 18.2. The number of halogens is 1. The van der Waals surface area contributed by atoms with Crippen molar-refractivity contribution in [3.8, 4) is 11.5 Å². The molecule has 148 valence electrons. The fraction of sp³-hybridized carbons (Fsp3) is 0.632. The average molecular weight is 477 g/mol. The number of nitrogens with zero attached hydrogens (tertiary/aromatic N) is 1. The van der Waals surface area contributed by atoms with Crippen molar-refractivity contribution < 1.29 is 14.6 Å². The predicted molar refractivity (Wildman–Crippen MR) is 116 cm³/mol. The minimum atomic E-state index is 0. The van der Waals surface area contributed by atoms with Crippen molar-refractivity contribution >= 4 is 29.9 Å². The molecule has 0 aromatic heterocycles. The molecule has 1 heterocycles. The van der Waals surface area contributed by atoms with Crippen molar-refractivity contribution in [2.24, 2.45) is 10.9 Å². The molecule has 1 aliphatic rings. The number of aliphatic hydroxyl groups is 1. The van der Waals surface area contributed by atoms with Crippen LogP contribution >= 0.6 is 24.0 Å². The lowest BCUT2D eigenvalue weighted by molar-refractivity contribution is 0.238. The Balaban J connectivity index is 0.00000338. The van der Waals surface area contributed by atoms with E-state index in [1.807, 2.05) is 26.8 Å². The van der Waals surface area contributed by atoms with Crippen molar-refractivity contribution in [1.29, 1.82) is 0 Å². The number of benzene rings is 1. The van der Waals surface area contributed by atoms with E-state index in [0.717, 1.165) is 36.0 Å². The van der Waals surface area contributed by atoms with Crippen LogP contribution in [-0.2, 0) is 13.0 Å². The lowest BCUT2D eigenvalue weighted by atomic mass is 10.1. The molecule has 1 aromatic carbocycles. The Kier molecular flexibility index (Phi) is 10.1. The number of nitrogens with one attached hydrogen (secondary N) is 2. The molecule has 1 aromatic rings. The number of rotatable bonds is 8. The summed E-state index contributed by atoms with van der Waals surface area (Å²) in [5, 5.41) is 15.6. The van der Waals surface area contributed by atoms with E-state index < -0.39 is 0 Å². The van der Waals surface area contributed by atoms with Gasteiger partial charge in [-0.05, 0) is 38.8 Å². The molecule has 0 bridgehead atoms. The standard InChI is InChI=1S/C19H31N3O3.HI/c1-5-20-19(21-10-13(3)12-23)22-11-16-9-18-15(7-14(4)25-18)8-17(16)24-6-2;/h8-9,13-14,23H,5-7,10-12H2,1-4H3,(H2,20,21,22);1H. The highest BCUT2D eigenvalue weighted by atomic mass is 127. The van der Waals surface area contributed by atoms with Gasteiger partial charge in [-0.15, -0.1) is 24.0 Å². The van der Waals surface area contributed by atoms with Crippen LogP contribution in [0.3, 0.4) is 0 Å². The first-order valence-corrected chi connectivity index (χ1v) is 9.15. The van der Waals surface area contributed by atoms with Gasteiger partial charge in [0.2, 0.25) is 0 Å². The minimum absolute atomic E-state index is 0. The Morgan fingerprint density at radius 1 is 1.38 bits per heavy atom. The van der Waals surface area contributed by atoms with Gasteiger partial charge in [0.1, 0.15) is 17.6 Å². The van der Waals surface area contributed by atoms with Crippen LogP contribution in [0, 0.1) is 5.92 Å². The maximum Gasteiger partial charge on any atom is 0.191 e. The van der Waals surface area contributed by atoms with Crippen LogP contribution in [-0.4, -0.2) is 43.5 Å². The van der Waals surface area contributed by atoms with Gasteiger partial charge >= 0.3 is 0 Å². The summed E-state index contributed by atoms with van der Waals surface area (Å²) in [6.45, 7) is 10.8. The normalized spacial score (nSPS) is 17.0. The maximum absolute atomic E-state index is 9.16.